The molecule has 4 unspecified atom stereocenters. The lowest BCUT2D eigenvalue weighted by molar-refractivity contribution is 0.114. The topological polar surface area (TPSA) is 0 Å². The van der Waals surface area contributed by atoms with Crippen LogP contribution in [0.1, 0.15) is 69.8 Å². The number of hydrogen-bond donors (Lipinski definition) is 0. The van der Waals surface area contributed by atoms with Crippen molar-refractivity contribution in [2.45, 2.75) is 64.2 Å². The second-order valence-electron chi connectivity index (χ2n) is 8.87. The fourth-order valence-corrected chi connectivity index (χ4v) is 5.76. The summed E-state index contributed by atoms with van der Waals surface area (Å²) in [6.07, 6.45) is 10.4. The Morgan fingerprint density at radius 3 is 2.43 bits per heavy atom. The van der Waals surface area contributed by atoms with Gasteiger partial charge in [-0.05, 0) is 85.1 Å². The second kappa shape index (κ2) is 8.53. The smallest absolute Gasteiger partial charge is 0.142 e. The van der Waals surface area contributed by atoms with Gasteiger partial charge in [0.15, 0.2) is 0 Å². The highest BCUT2D eigenvalue weighted by molar-refractivity contribution is 6.30. The van der Waals surface area contributed by atoms with Crippen LogP contribution in [-0.4, -0.2) is 0 Å². The molecule has 0 saturated heterocycles. The van der Waals surface area contributed by atoms with Crippen molar-refractivity contribution in [1.82, 2.24) is 0 Å². The summed E-state index contributed by atoms with van der Waals surface area (Å²) in [4.78, 5) is 0. The third-order valence-electron chi connectivity index (χ3n) is 7.11. The molecule has 4 atom stereocenters. The first-order valence-electron chi connectivity index (χ1n) is 10.8. The Morgan fingerprint density at radius 1 is 0.893 bits per heavy atom. The van der Waals surface area contributed by atoms with E-state index in [0.29, 0.717) is 17.0 Å². The molecule has 3 heteroatoms. The number of fused-ring (bicyclic) bond motifs is 1. The highest BCUT2D eigenvalue weighted by Gasteiger charge is 2.35. The average molecular weight is 403 g/mol. The normalized spacial score (nSPS) is 27.4. The van der Waals surface area contributed by atoms with E-state index >= 15 is 0 Å². The summed E-state index contributed by atoms with van der Waals surface area (Å²) in [7, 11) is 0. The summed E-state index contributed by atoms with van der Waals surface area (Å²) in [6, 6.07) is 9.98. The SMILES string of the molecule is CCCC1CCC2CC(c3ccc(-c4ccc(Cl)c(F)c4)c(F)c3)CCC2C1. The van der Waals surface area contributed by atoms with Gasteiger partial charge in [0.2, 0.25) is 0 Å². The van der Waals surface area contributed by atoms with E-state index in [0.717, 1.165) is 29.7 Å². The minimum Gasteiger partial charge on any atom is -0.206 e. The standard InChI is InChI=1S/C25H29ClF2/c1-2-3-16-4-5-18-13-19(7-6-17(18)12-16)20-8-10-22(24(27)14-20)21-9-11-23(26)25(28)15-21/h8-11,14-19H,2-7,12-13H2,1H3. The lowest BCUT2D eigenvalue weighted by Gasteiger charge is -2.42. The van der Waals surface area contributed by atoms with Gasteiger partial charge < -0.3 is 0 Å². The van der Waals surface area contributed by atoms with E-state index in [-0.39, 0.29) is 10.8 Å². The van der Waals surface area contributed by atoms with Gasteiger partial charge in [-0.25, -0.2) is 8.78 Å². The zero-order chi connectivity index (χ0) is 19.7. The zero-order valence-electron chi connectivity index (χ0n) is 16.6. The Kier molecular flexibility index (Phi) is 6.06. The summed E-state index contributed by atoms with van der Waals surface area (Å²) < 4.78 is 28.6. The molecule has 2 saturated carbocycles. The highest BCUT2D eigenvalue weighted by Crippen LogP contribution is 2.48. The lowest BCUT2D eigenvalue weighted by atomic mass is 9.63. The zero-order valence-corrected chi connectivity index (χ0v) is 17.3. The average Bonchev–Trinajstić information content (AvgIpc) is 2.70. The molecule has 0 heterocycles. The third kappa shape index (κ3) is 4.13. The lowest BCUT2D eigenvalue weighted by Crippen LogP contribution is -2.30. The van der Waals surface area contributed by atoms with Crippen molar-refractivity contribution >= 4 is 11.6 Å². The van der Waals surface area contributed by atoms with Crippen molar-refractivity contribution in [2.75, 3.05) is 0 Å². The molecule has 0 aliphatic heterocycles. The van der Waals surface area contributed by atoms with Gasteiger partial charge in [-0.1, -0.05) is 56.0 Å². The molecule has 0 nitrogen and oxygen atoms in total. The van der Waals surface area contributed by atoms with Gasteiger partial charge in [0.05, 0.1) is 5.02 Å². The summed E-state index contributed by atoms with van der Waals surface area (Å²) in [5.41, 5.74) is 2.07. The van der Waals surface area contributed by atoms with Crippen LogP contribution in [0.5, 0.6) is 0 Å². The van der Waals surface area contributed by atoms with Crippen LogP contribution >= 0.6 is 11.6 Å². The second-order valence-corrected chi connectivity index (χ2v) is 9.27. The monoisotopic (exact) mass is 402 g/mol. The van der Waals surface area contributed by atoms with E-state index in [9.17, 15) is 8.78 Å². The van der Waals surface area contributed by atoms with Crippen molar-refractivity contribution in [1.29, 1.82) is 0 Å². The quantitative estimate of drug-likeness (QED) is 0.481. The summed E-state index contributed by atoms with van der Waals surface area (Å²) in [6.45, 7) is 2.29. The predicted molar refractivity (Wildman–Crippen MR) is 113 cm³/mol. The third-order valence-corrected chi connectivity index (χ3v) is 7.42. The van der Waals surface area contributed by atoms with Crippen LogP contribution < -0.4 is 0 Å². The molecule has 0 spiro atoms. The van der Waals surface area contributed by atoms with E-state index in [1.54, 1.807) is 18.2 Å². The maximum atomic E-state index is 14.8. The molecule has 0 N–H and O–H groups in total. The van der Waals surface area contributed by atoms with Gasteiger partial charge in [-0.2, -0.15) is 0 Å². The highest BCUT2D eigenvalue weighted by atomic mass is 35.5. The van der Waals surface area contributed by atoms with Gasteiger partial charge in [-0.15, -0.1) is 0 Å². The van der Waals surface area contributed by atoms with E-state index in [1.165, 1.54) is 57.1 Å². The molecule has 0 bridgehead atoms. The Labute approximate surface area is 172 Å². The van der Waals surface area contributed by atoms with Crippen LogP contribution in [0.2, 0.25) is 5.02 Å². The largest absolute Gasteiger partial charge is 0.206 e. The van der Waals surface area contributed by atoms with Crippen LogP contribution in [0.4, 0.5) is 8.78 Å². The summed E-state index contributed by atoms with van der Waals surface area (Å²) >= 11 is 5.75. The van der Waals surface area contributed by atoms with Crippen LogP contribution in [-0.2, 0) is 0 Å². The molecular weight excluding hydrogens is 374 g/mol. The van der Waals surface area contributed by atoms with Gasteiger partial charge in [0.1, 0.15) is 11.6 Å². The molecule has 2 aliphatic carbocycles. The van der Waals surface area contributed by atoms with Crippen molar-refractivity contribution < 1.29 is 8.78 Å². The molecule has 28 heavy (non-hydrogen) atoms. The van der Waals surface area contributed by atoms with E-state index < -0.39 is 5.82 Å². The molecule has 2 aromatic carbocycles. The molecule has 150 valence electrons. The molecule has 0 radical (unpaired) electrons. The fourth-order valence-electron chi connectivity index (χ4n) is 5.64. The Morgan fingerprint density at radius 2 is 1.68 bits per heavy atom. The number of halogens is 3. The number of hydrogen-bond acceptors (Lipinski definition) is 0. The molecule has 2 aromatic rings. The van der Waals surface area contributed by atoms with Gasteiger partial charge >= 0.3 is 0 Å². The van der Waals surface area contributed by atoms with Crippen molar-refractivity contribution in [2.24, 2.45) is 17.8 Å². The van der Waals surface area contributed by atoms with Gasteiger partial charge in [0, 0.05) is 5.56 Å². The first-order chi connectivity index (χ1) is 13.5. The van der Waals surface area contributed by atoms with Crippen molar-refractivity contribution in [3.05, 3.63) is 58.6 Å². The van der Waals surface area contributed by atoms with Crippen LogP contribution in [0.25, 0.3) is 11.1 Å². The molecule has 2 fully saturated rings. The van der Waals surface area contributed by atoms with Gasteiger partial charge in [-0.3, -0.25) is 0 Å². The van der Waals surface area contributed by atoms with Crippen molar-refractivity contribution in [3.8, 4) is 11.1 Å². The summed E-state index contributed by atoms with van der Waals surface area (Å²) in [5.74, 6) is 2.28. The van der Waals surface area contributed by atoms with Gasteiger partial charge in [0.25, 0.3) is 0 Å². The number of benzene rings is 2. The maximum Gasteiger partial charge on any atom is 0.142 e. The first-order valence-corrected chi connectivity index (χ1v) is 11.2. The van der Waals surface area contributed by atoms with E-state index in [2.05, 4.69) is 6.92 Å². The molecule has 2 aliphatic rings. The molecular formula is C25H29ClF2. The van der Waals surface area contributed by atoms with E-state index in [4.69, 9.17) is 11.6 Å². The first kappa shape index (κ1) is 19.9. The Balaban J connectivity index is 1.47. The van der Waals surface area contributed by atoms with Crippen LogP contribution in [0.15, 0.2) is 36.4 Å². The molecule has 0 amide bonds. The van der Waals surface area contributed by atoms with Crippen LogP contribution in [0, 0.1) is 29.4 Å². The van der Waals surface area contributed by atoms with Crippen LogP contribution in [0.3, 0.4) is 0 Å². The molecule has 4 rings (SSSR count). The maximum absolute atomic E-state index is 14.8. The van der Waals surface area contributed by atoms with E-state index in [1.807, 2.05) is 6.07 Å². The minimum absolute atomic E-state index is 0.0613. The Bertz CT molecular complexity index is 831. The predicted octanol–water partition coefficient (Wildman–Crippen LogP) is 8.39. The van der Waals surface area contributed by atoms with Crippen molar-refractivity contribution in [3.63, 3.8) is 0 Å². The summed E-state index contributed by atoms with van der Waals surface area (Å²) in [5, 5.41) is 0.0613. The fraction of sp³-hybridized carbons (Fsp3) is 0.520. The Hall–Kier alpha value is -1.41. The number of rotatable bonds is 4. The minimum atomic E-state index is -0.514. The molecule has 0 aromatic heterocycles.